The molecule has 0 saturated carbocycles. The summed E-state index contributed by atoms with van der Waals surface area (Å²) in [6.45, 7) is 0. The normalized spacial score (nSPS) is 10.4. The van der Waals surface area contributed by atoms with E-state index in [1.165, 1.54) is 12.1 Å². The average Bonchev–Trinajstić information content (AvgIpc) is 2.49. The summed E-state index contributed by atoms with van der Waals surface area (Å²) in [6, 6.07) is 11.2. The number of anilines is 1. The zero-order chi connectivity index (χ0) is 13.9. The van der Waals surface area contributed by atoms with Gasteiger partial charge in [-0.25, -0.2) is 4.39 Å². The van der Waals surface area contributed by atoms with Gasteiger partial charge in [0, 0.05) is 16.3 Å². The molecule has 0 saturated heterocycles. The molecule has 0 aliphatic carbocycles. The Hall–Kier alpha value is -2.82. The highest BCUT2D eigenvalue weighted by Gasteiger charge is 2.09. The fourth-order valence-electron chi connectivity index (χ4n) is 1.89. The predicted molar refractivity (Wildman–Crippen MR) is 73.9 cm³/mol. The number of hydrogen-bond acceptors (Lipinski definition) is 3. The van der Waals surface area contributed by atoms with Crippen molar-refractivity contribution < 1.29 is 9.18 Å². The number of benzene rings is 2. The molecule has 1 N–H and O–H groups in total. The fraction of sp³-hybridized carbons (Fsp3) is 0. The molecule has 5 heteroatoms. The molecular formula is C15H10FN3O. The molecule has 1 amide bonds. The summed E-state index contributed by atoms with van der Waals surface area (Å²) in [6.07, 6.45) is 3.20. The lowest BCUT2D eigenvalue weighted by Crippen LogP contribution is -2.12. The number of halogens is 1. The first-order valence-electron chi connectivity index (χ1n) is 6.00. The molecule has 2 aromatic carbocycles. The van der Waals surface area contributed by atoms with Crippen molar-refractivity contribution in [2.45, 2.75) is 0 Å². The second-order valence-corrected chi connectivity index (χ2v) is 4.27. The molecule has 4 nitrogen and oxygen atoms in total. The van der Waals surface area contributed by atoms with Gasteiger partial charge in [-0.05, 0) is 24.3 Å². The van der Waals surface area contributed by atoms with Crippen LogP contribution in [-0.2, 0) is 0 Å². The van der Waals surface area contributed by atoms with Gasteiger partial charge in [-0.15, -0.1) is 0 Å². The number of carbonyl (C=O) groups is 1. The largest absolute Gasteiger partial charge is 0.319 e. The Balaban J connectivity index is 1.91. The molecule has 0 aliphatic rings. The number of para-hydroxylation sites is 1. The second kappa shape index (κ2) is 5.05. The van der Waals surface area contributed by atoms with Gasteiger partial charge in [-0.3, -0.25) is 4.79 Å². The number of hydrogen-bond donors (Lipinski definition) is 1. The van der Waals surface area contributed by atoms with Crippen molar-refractivity contribution in [3.05, 3.63) is 66.2 Å². The monoisotopic (exact) mass is 267 g/mol. The van der Waals surface area contributed by atoms with E-state index in [0.29, 0.717) is 5.56 Å². The lowest BCUT2D eigenvalue weighted by molar-refractivity contribution is 0.102. The first-order chi connectivity index (χ1) is 9.74. The van der Waals surface area contributed by atoms with E-state index in [-0.39, 0.29) is 11.6 Å². The van der Waals surface area contributed by atoms with Crippen molar-refractivity contribution in [1.82, 2.24) is 10.2 Å². The maximum atomic E-state index is 13.5. The number of aromatic nitrogens is 2. The highest BCUT2D eigenvalue weighted by molar-refractivity contribution is 6.06. The molecule has 1 heterocycles. The predicted octanol–water partition coefficient (Wildman–Crippen LogP) is 3.02. The first kappa shape index (κ1) is 12.2. The zero-order valence-electron chi connectivity index (χ0n) is 10.4. The van der Waals surface area contributed by atoms with Crippen LogP contribution in [0.2, 0.25) is 0 Å². The number of rotatable bonds is 2. The lowest BCUT2D eigenvalue weighted by atomic mass is 10.1. The molecule has 20 heavy (non-hydrogen) atoms. The van der Waals surface area contributed by atoms with Gasteiger partial charge >= 0.3 is 0 Å². The Kier molecular flexibility index (Phi) is 3.09. The highest BCUT2D eigenvalue weighted by Crippen LogP contribution is 2.17. The van der Waals surface area contributed by atoms with Crippen molar-refractivity contribution in [2.75, 3.05) is 5.32 Å². The minimum absolute atomic E-state index is 0.158. The highest BCUT2D eigenvalue weighted by atomic mass is 19.1. The minimum Gasteiger partial charge on any atom is -0.319 e. The van der Waals surface area contributed by atoms with Gasteiger partial charge in [-0.2, -0.15) is 10.2 Å². The summed E-state index contributed by atoms with van der Waals surface area (Å²) in [7, 11) is 0. The van der Waals surface area contributed by atoms with Crippen molar-refractivity contribution in [2.24, 2.45) is 0 Å². The summed E-state index contributed by atoms with van der Waals surface area (Å²) in [4.78, 5) is 12.1. The van der Waals surface area contributed by atoms with E-state index in [1.54, 1.807) is 42.7 Å². The molecule has 1 aromatic heterocycles. The SMILES string of the molecule is O=C(Nc1ccccc1F)c1ccc2cnncc2c1. The number of nitrogens with one attached hydrogen (secondary N) is 1. The third-order valence-corrected chi connectivity index (χ3v) is 2.93. The van der Waals surface area contributed by atoms with Crippen molar-refractivity contribution in [1.29, 1.82) is 0 Å². The molecule has 0 aliphatic heterocycles. The maximum Gasteiger partial charge on any atom is 0.255 e. The van der Waals surface area contributed by atoms with Crippen molar-refractivity contribution >= 4 is 22.4 Å². The van der Waals surface area contributed by atoms with Crippen LogP contribution in [0.4, 0.5) is 10.1 Å². The van der Waals surface area contributed by atoms with Crippen molar-refractivity contribution in [3.8, 4) is 0 Å². The van der Waals surface area contributed by atoms with E-state index in [1.807, 2.05) is 0 Å². The fourth-order valence-corrected chi connectivity index (χ4v) is 1.89. The number of nitrogens with zero attached hydrogens (tertiary/aromatic N) is 2. The van der Waals surface area contributed by atoms with E-state index in [9.17, 15) is 9.18 Å². The van der Waals surface area contributed by atoms with Crippen LogP contribution in [0.1, 0.15) is 10.4 Å². The summed E-state index contributed by atoms with van der Waals surface area (Å²) < 4.78 is 13.5. The van der Waals surface area contributed by atoms with E-state index < -0.39 is 5.82 Å². The standard InChI is InChI=1S/C15H10FN3O/c16-13-3-1-2-4-14(13)19-15(20)10-5-6-11-8-17-18-9-12(11)7-10/h1-9H,(H,19,20). The molecule has 0 spiro atoms. The molecule has 0 unspecified atom stereocenters. The molecule has 3 aromatic rings. The van der Waals surface area contributed by atoms with E-state index in [0.717, 1.165) is 10.8 Å². The summed E-state index contributed by atoms with van der Waals surface area (Å²) in [5, 5.41) is 11.8. The Morgan fingerprint density at radius 2 is 1.75 bits per heavy atom. The third kappa shape index (κ3) is 2.33. The van der Waals surface area contributed by atoms with Gasteiger partial charge in [-0.1, -0.05) is 18.2 Å². The van der Waals surface area contributed by atoms with Crippen LogP contribution in [-0.4, -0.2) is 16.1 Å². The van der Waals surface area contributed by atoms with Crippen molar-refractivity contribution in [3.63, 3.8) is 0 Å². The lowest BCUT2D eigenvalue weighted by Gasteiger charge is -2.06. The molecule has 0 radical (unpaired) electrons. The second-order valence-electron chi connectivity index (χ2n) is 4.27. The maximum absolute atomic E-state index is 13.5. The number of fused-ring (bicyclic) bond motifs is 1. The van der Waals surface area contributed by atoms with Gasteiger partial charge in [0.2, 0.25) is 0 Å². The topological polar surface area (TPSA) is 54.9 Å². The van der Waals surface area contributed by atoms with Gasteiger partial charge < -0.3 is 5.32 Å². The average molecular weight is 267 g/mol. The van der Waals surface area contributed by atoms with Crippen LogP contribution in [0.3, 0.4) is 0 Å². The smallest absolute Gasteiger partial charge is 0.255 e. The van der Waals surface area contributed by atoms with Gasteiger partial charge in [0.1, 0.15) is 5.82 Å². The summed E-state index contributed by atoms with van der Waals surface area (Å²) >= 11 is 0. The van der Waals surface area contributed by atoms with E-state index in [2.05, 4.69) is 15.5 Å². The van der Waals surface area contributed by atoms with Gasteiger partial charge in [0.25, 0.3) is 5.91 Å². The number of carbonyl (C=O) groups excluding carboxylic acids is 1. The zero-order valence-corrected chi connectivity index (χ0v) is 10.4. The molecular weight excluding hydrogens is 257 g/mol. The molecule has 0 atom stereocenters. The van der Waals surface area contributed by atoms with Crippen LogP contribution >= 0.6 is 0 Å². The van der Waals surface area contributed by atoms with Crippen LogP contribution in [0.25, 0.3) is 10.8 Å². The van der Waals surface area contributed by atoms with E-state index >= 15 is 0 Å². The Bertz CT molecular complexity index is 789. The number of amides is 1. The molecule has 3 rings (SSSR count). The Labute approximate surface area is 114 Å². The summed E-state index contributed by atoms with van der Waals surface area (Å²) in [5.74, 6) is -0.832. The van der Waals surface area contributed by atoms with Crippen LogP contribution < -0.4 is 5.32 Å². The van der Waals surface area contributed by atoms with Gasteiger partial charge in [0.05, 0.1) is 18.1 Å². The molecule has 0 bridgehead atoms. The first-order valence-corrected chi connectivity index (χ1v) is 6.00. The molecule has 98 valence electrons. The van der Waals surface area contributed by atoms with Crippen LogP contribution in [0.15, 0.2) is 54.9 Å². The van der Waals surface area contributed by atoms with E-state index in [4.69, 9.17) is 0 Å². The molecule has 0 fully saturated rings. The van der Waals surface area contributed by atoms with Gasteiger partial charge in [0.15, 0.2) is 0 Å². The van der Waals surface area contributed by atoms with Crippen LogP contribution in [0.5, 0.6) is 0 Å². The quantitative estimate of drug-likeness (QED) is 0.776. The Morgan fingerprint density at radius 3 is 2.55 bits per heavy atom. The summed E-state index contributed by atoms with van der Waals surface area (Å²) in [5.41, 5.74) is 0.596. The Morgan fingerprint density at radius 1 is 1.00 bits per heavy atom. The van der Waals surface area contributed by atoms with Crippen LogP contribution in [0, 0.1) is 5.82 Å². The minimum atomic E-state index is -0.465. The third-order valence-electron chi connectivity index (χ3n) is 2.93.